The smallest absolute Gasteiger partial charge is 0.406 e. The average molecular weight is 338 g/mol. The highest BCUT2D eigenvalue weighted by Crippen LogP contribution is 2.32. The number of alkyl halides is 4. The Hall–Kier alpha value is -1.24. The molecule has 104 valence electrons. The van der Waals surface area contributed by atoms with E-state index in [1.807, 2.05) is 0 Å². The Morgan fingerprint density at radius 1 is 1.42 bits per heavy atom. The molecule has 3 nitrogen and oxygen atoms in total. The molecule has 19 heavy (non-hydrogen) atoms. The Labute approximate surface area is 116 Å². The third-order valence-corrected chi connectivity index (χ3v) is 3.38. The number of carbonyl (C=O) groups is 1. The molecule has 1 aromatic rings. The lowest BCUT2D eigenvalue weighted by Gasteiger charge is -2.19. The summed E-state index contributed by atoms with van der Waals surface area (Å²) in [6.45, 7) is 2.16. The van der Waals surface area contributed by atoms with Gasteiger partial charge < -0.3 is 9.64 Å². The highest BCUT2D eigenvalue weighted by atomic mass is 79.9. The molecule has 0 N–H and O–H groups in total. The lowest BCUT2D eigenvalue weighted by atomic mass is 10.1. The standard InChI is InChI=1S/C12H11BrF3NO2/c1-7-4-9(19-12(14,15)16)2-3-10(7)17-6-8(13)5-11(17)18/h2-4,8H,5-6H2,1H3. The third kappa shape index (κ3) is 3.40. The summed E-state index contributed by atoms with van der Waals surface area (Å²) >= 11 is 3.36. The maximum absolute atomic E-state index is 12.1. The molecule has 0 aromatic heterocycles. The van der Waals surface area contributed by atoms with Gasteiger partial charge in [-0.3, -0.25) is 4.79 Å². The second-order valence-corrected chi connectivity index (χ2v) is 5.60. The highest BCUT2D eigenvalue weighted by molar-refractivity contribution is 9.09. The van der Waals surface area contributed by atoms with Crippen molar-refractivity contribution in [3.05, 3.63) is 23.8 Å². The van der Waals surface area contributed by atoms with E-state index in [9.17, 15) is 18.0 Å². The Morgan fingerprint density at radius 2 is 2.11 bits per heavy atom. The first kappa shape index (κ1) is 14.2. The predicted molar refractivity (Wildman–Crippen MR) is 67.5 cm³/mol. The van der Waals surface area contributed by atoms with Gasteiger partial charge in [0, 0.05) is 23.5 Å². The summed E-state index contributed by atoms with van der Waals surface area (Å²) in [7, 11) is 0. The molecule has 7 heteroatoms. The number of nitrogens with zero attached hydrogens (tertiary/aromatic N) is 1. The Morgan fingerprint density at radius 3 is 2.58 bits per heavy atom. The molecule has 1 fully saturated rings. The Kier molecular flexibility index (Phi) is 3.75. The van der Waals surface area contributed by atoms with Gasteiger partial charge in [-0.25, -0.2) is 0 Å². The fourth-order valence-electron chi connectivity index (χ4n) is 2.02. The van der Waals surface area contributed by atoms with Crippen LogP contribution in [0.3, 0.4) is 0 Å². The molecule has 2 rings (SSSR count). The lowest BCUT2D eigenvalue weighted by molar-refractivity contribution is -0.274. The zero-order valence-electron chi connectivity index (χ0n) is 10.00. The fourth-order valence-corrected chi connectivity index (χ4v) is 2.59. The minimum atomic E-state index is -4.71. The van der Waals surface area contributed by atoms with Gasteiger partial charge in [0.05, 0.1) is 0 Å². The van der Waals surface area contributed by atoms with Crippen LogP contribution in [0.2, 0.25) is 0 Å². The second kappa shape index (κ2) is 5.03. The van der Waals surface area contributed by atoms with E-state index in [1.54, 1.807) is 11.8 Å². The van der Waals surface area contributed by atoms with E-state index in [2.05, 4.69) is 20.7 Å². The van der Waals surface area contributed by atoms with Gasteiger partial charge in [-0.2, -0.15) is 0 Å². The van der Waals surface area contributed by atoms with E-state index >= 15 is 0 Å². The molecular weight excluding hydrogens is 327 g/mol. The molecule has 1 aliphatic rings. The topological polar surface area (TPSA) is 29.5 Å². The van der Waals surface area contributed by atoms with Gasteiger partial charge in [-0.05, 0) is 30.7 Å². The van der Waals surface area contributed by atoms with Crippen molar-refractivity contribution in [2.45, 2.75) is 24.5 Å². The Balaban J connectivity index is 2.22. The first-order valence-corrected chi connectivity index (χ1v) is 6.48. The van der Waals surface area contributed by atoms with Crippen LogP contribution in [-0.2, 0) is 4.79 Å². The number of amides is 1. The monoisotopic (exact) mass is 337 g/mol. The van der Waals surface area contributed by atoms with Gasteiger partial charge in [0.25, 0.3) is 0 Å². The van der Waals surface area contributed by atoms with E-state index in [0.717, 1.165) is 0 Å². The molecule has 0 spiro atoms. The van der Waals surface area contributed by atoms with Crippen molar-refractivity contribution in [3.8, 4) is 5.75 Å². The summed E-state index contributed by atoms with van der Waals surface area (Å²) < 4.78 is 40.1. The zero-order chi connectivity index (χ0) is 14.2. The molecule has 1 aromatic carbocycles. The molecule has 1 saturated heterocycles. The van der Waals surface area contributed by atoms with Crippen molar-refractivity contribution in [2.24, 2.45) is 0 Å². The molecule has 1 aliphatic heterocycles. The largest absolute Gasteiger partial charge is 0.573 e. The molecule has 1 amide bonds. The average Bonchev–Trinajstić information content (AvgIpc) is 2.55. The number of halogens is 4. The number of anilines is 1. The molecule has 0 aliphatic carbocycles. The van der Waals surface area contributed by atoms with E-state index in [1.165, 1.54) is 18.2 Å². The summed E-state index contributed by atoms with van der Waals surface area (Å²) in [4.78, 5) is 13.4. The highest BCUT2D eigenvalue weighted by Gasteiger charge is 2.32. The van der Waals surface area contributed by atoms with Crippen LogP contribution in [0.15, 0.2) is 18.2 Å². The van der Waals surface area contributed by atoms with Crippen LogP contribution in [0, 0.1) is 6.92 Å². The number of benzene rings is 1. The number of hydrogen-bond acceptors (Lipinski definition) is 2. The molecular formula is C12H11BrF3NO2. The number of rotatable bonds is 2. The van der Waals surface area contributed by atoms with Crippen LogP contribution in [-0.4, -0.2) is 23.6 Å². The van der Waals surface area contributed by atoms with Crippen LogP contribution in [0.4, 0.5) is 18.9 Å². The van der Waals surface area contributed by atoms with Crippen molar-refractivity contribution in [1.82, 2.24) is 0 Å². The lowest BCUT2D eigenvalue weighted by Crippen LogP contribution is -2.25. The number of carbonyl (C=O) groups excluding carboxylic acids is 1. The van der Waals surface area contributed by atoms with Gasteiger partial charge >= 0.3 is 6.36 Å². The predicted octanol–water partition coefficient (Wildman–Crippen LogP) is 3.39. The van der Waals surface area contributed by atoms with Crippen LogP contribution < -0.4 is 9.64 Å². The van der Waals surface area contributed by atoms with Gasteiger partial charge in [0.15, 0.2) is 0 Å². The van der Waals surface area contributed by atoms with Crippen LogP contribution in [0.25, 0.3) is 0 Å². The minimum absolute atomic E-state index is 0.0468. The maximum Gasteiger partial charge on any atom is 0.573 e. The van der Waals surface area contributed by atoms with Gasteiger partial charge in [0.1, 0.15) is 5.75 Å². The first-order valence-electron chi connectivity index (χ1n) is 5.57. The molecule has 1 unspecified atom stereocenters. The van der Waals surface area contributed by atoms with Crippen LogP contribution in [0.1, 0.15) is 12.0 Å². The second-order valence-electron chi connectivity index (χ2n) is 4.30. The molecule has 0 bridgehead atoms. The summed E-state index contributed by atoms with van der Waals surface area (Å²) in [6, 6.07) is 3.96. The molecule has 1 heterocycles. The minimum Gasteiger partial charge on any atom is -0.406 e. The number of aryl methyl sites for hydroxylation is 1. The summed E-state index contributed by atoms with van der Waals surface area (Å²) in [5, 5.41) is 0. The number of hydrogen-bond donors (Lipinski definition) is 0. The maximum atomic E-state index is 12.1. The van der Waals surface area contributed by atoms with E-state index < -0.39 is 6.36 Å². The van der Waals surface area contributed by atoms with E-state index in [4.69, 9.17) is 0 Å². The summed E-state index contributed by atoms with van der Waals surface area (Å²) in [5.41, 5.74) is 1.18. The zero-order valence-corrected chi connectivity index (χ0v) is 11.6. The van der Waals surface area contributed by atoms with Crippen molar-refractivity contribution in [2.75, 3.05) is 11.4 Å². The fraction of sp³-hybridized carbons (Fsp3) is 0.417. The molecule has 0 saturated carbocycles. The molecule has 0 radical (unpaired) electrons. The van der Waals surface area contributed by atoms with E-state index in [0.29, 0.717) is 24.2 Å². The van der Waals surface area contributed by atoms with Crippen LogP contribution in [0.5, 0.6) is 5.75 Å². The van der Waals surface area contributed by atoms with Crippen molar-refractivity contribution in [1.29, 1.82) is 0 Å². The van der Waals surface area contributed by atoms with Gasteiger partial charge in [-0.1, -0.05) is 15.9 Å². The Bertz CT molecular complexity index is 504. The van der Waals surface area contributed by atoms with Crippen molar-refractivity contribution < 1.29 is 22.7 Å². The van der Waals surface area contributed by atoms with Gasteiger partial charge in [-0.15, -0.1) is 13.2 Å². The van der Waals surface area contributed by atoms with Crippen LogP contribution >= 0.6 is 15.9 Å². The van der Waals surface area contributed by atoms with E-state index in [-0.39, 0.29) is 16.5 Å². The quantitative estimate of drug-likeness (QED) is 0.774. The summed E-state index contributed by atoms with van der Waals surface area (Å²) in [5.74, 6) is -0.328. The third-order valence-electron chi connectivity index (χ3n) is 2.77. The van der Waals surface area contributed by atoms with Crippen molar-refractivity contribution in [3.63, 3.8) is 0 Å². The normalized spacial score (nSPS) is 19.9. The number of ether oxygens (including phenoxy) is 1. The van der Waals surface area contributed by atoms with Crippen molar-refractivity contribution >= 4 is 27.5 Å². The van der Waals surface area contributed by atoms with Gasteiger partial charge in [0.2, 0.25) is 5.91 Å². The summed E-state index contributed by atoms with van der Waals surface area (Å²) in [6.07, 6.45) is -4.32. The SMILES string of the molecule is Cc1cc(OC(F)(F)F)ccc1N1CC(Br)CC1=O. The first-order chi connectivity index (χ1) is 8.76. The molecule has 1 atom stereocenters.